The standard InChI is InChI=1S/C65H44N2O2/c1-41-17-5-6-20-45(41)47-22-8-12-28-55(47)67(59-30-16-26-51-49-24-10-14-32-61(49)69-65(51)59)57-40-36-44-33-37-52-56(39-35-43-34-38-53(57)63(44)62(43)52)66(54-27-11-7-21-46(54)42-18-3-2-4-19-42)58-29-15-25-50-48-23-9-13-31-60(48)68-64(50)58/h2-9,11-23,25-32,34-41,44-45H,33H2,1H3. The lowest BCUT2D eigenvalue weighted by Crippen LogP contribution is -2.32. The Hall–Kier alpha value is -8.78. The summed E-state index contributed by atoms with van der Waals surface area (Å²) in [6.07, 6.45) is 17.2. The summed E-state index contributed by atoms with van der Waals surface area (Å²) in [6, 6.07) is 69.6. The van der Waals surface area contributed by atoms with E-state index in [4.69, 9.17) is 8.83 Å². The van der Waals surface area contributed by atoms with E-state index in [0.717, 1.165) is 95.6 Å². The molecule has 3 aliphatic rings. The lowest BCUT2D eigenvalue weighted by molar-refractivity contribution is 0.635. The molecule has 9 aromatic carbocycles. The Labute approximate surface area is 400 Å². The molecule has 3 atom stereocenters. The topological polar surface area (TPSA) is 32.8 Å². The lowest BCUT2D eigenvalue weighted by atomic mass is 9.80. The van der Waals surface area contributed by atoms with Crippen LogP contribution in [0.15, 0.2) is 221 Å². The van der Waals surface area contributed by atoms with Crippen LogP contribution in [-0.2, 0) is 0 Å². The molecule has 0 fully saturated rings. The second-order valence-electron chi connectivity index (χ2n) is 18.5. The smallest absolute Gasteiger partial charge is 0.160 e. The first-order valence-electron chi connectivity index (χ1n) is 24.0. The van der Waals surface area contributed by atoms with Crippen molar-refractivity contribution in [3.8, 4) is 11.1 Å². The summed E-state index contributed by atoms with van der Waals surface area (Å²) in [7, 11) is 0. The zero-order valence-corrected chi connectivity index (χ0v) is 37.9. The van der Waals surface area contributed by atoms with E-state index < -0.39 is 0 Å². The van der Waals surface area contributed by atoms with E-state index in [9.17, 15) is 0 Å². The lowest BCUT2D eigenvalue weighted by Gasteiger charge is -2.35. The van der Waals surface area contributed by atoms with Gasteiger partial charge in [0, 0.05) is 44.0 Å². The third-order valence-electron chi connectivity index (χ3n) is 14.7. The van der Waals surface area contributed by atoms with E-state index in [-0.39, 0.29) is 11.8 Å². The van der Waals surface area contributed by atoms with Crippen molar-refractivity contribution < 1.29 is 8.83 Å². The number of anilines is 5. The van der Waals surface area contributed by atoms with E-state index in [2.05, 4.69) is 229 Å². The van der Waals surface area contributed by atoms with Crippen LogP contribution in [-0.4, -0.2) is 0 Å². The van der Waals surface area contributed by atoms with Crippen LogP contribution in [0.5, 0.6) is 0 Å². The van der Waals surface area contributed by atoms with Crippen LogP contribution in [0.3, 0.4) is 0 Å². The van der Waals surface area contributed by atoms with Gasteiger partial charge >= 0.3 is 0 Å². The first-order chi connectivity index (χ1) is 34.2. The Kier molecular flexibility index (Phi) is 8.94. The average Bonchev–Trinajstić information content (AvgIpc) is 3.99. The number of hydrogen-bond acceptors (Lipinski definition) is 4. The minimum atomic E-state index is 0.187. The van der Waals surface area contributed by atoms with Crippen molar-refractivity contribution in [3.05, 3.63) is 246 Å². The first kappa shape index (κ1) is 39.4. The summed E-state index contributed by atoms with van der Waals surface area (Å²) in [5.41, 5.74) is 14.7. The summed E-state index contributed by atoms with van der Waals surface area (Å²) in [5.74, 6) is 0.696. The molecular formula is C65H44N2O2. The third-order valence-corrected chi connectivity index (χ3v) is 14.7. The second-order valence-corrected chi connectivity index (χ2v) is 18.5. The molecule has 0 spiro atoms. The molecule has 69 heavy (non-hydrogen) atoms. The molecule has 3 aliphatic carbocycles. The molecule has 0 amide bonds. The van der Waals surface area contributed by atoms with Crippen LogP contribution in [0.2, 0.25) is 0 Å². The van der Waals surface area contributed by atoms with Crippen molar-refractivity contribution in [3.63, 3.8) is 0 Å². The number of para-hydroxylation sites is 5. The molecule has 0 aliphatic heterocycles. The highest BCUT2D eigenvalue weighted by Gasteiger charge is 2.31. The fraction of sp³-hybridized carbons (Fsp3) is 0.0769. The first-order valence-corrected chi connectivity index (χ1v) is 24.0. The summed E-state index contributed by atoms with van der Waals surface area (Å²) in [6.45, 7) is 2.32. The summed E-state index contributed by atoms with van der Waals surface area (Å²) < 4.78 is 13.7. The number of fused-ring (bicyclic) bond motifs is 6. The van der Waals surface area contributed by atoms with Crippen molar-refractivity contribution in [2.24, 2.45) is 5.92 Å². The molecular weight excluding hydrogens is 841 g/mol. The molecule has 0 bridgehead atoms. The monoisotopic (exact) mass is 884 g/mol. The predicted molar refractivity (Wildman–Crippen MR) is 285 cm³/mol. The number of allylic oxidation sites excluding steroid dienone is 5. The molecule has 4 nitrogen and oxygen atoms in total. The maximum absolute atomic E-state index is 6.86. The van der Waals surface area contributed by atoms with E-state index in [1.807, 2.05) is 18.2 Å². The molecule has 0 saturated heterocycles. The Bertz CT molecular complexity index is 4110. The van der Waals surface area contributed by atoms with Crippen LogP contribution < -0.4 is 20.2 Å². The minimum absolute atomic E-state index is 0.187. The Morgan fingerprint density at radius 1 is 0.551 bits per heavy atom. The third kappa shape index (κ3) is 6.10. The van der Waals surface area contributed by atoms with Gasteiger partial charge in [0.15, 0.2) is 11.2 Å². The SMILES string of the molecule is CC1C=CC=CC1c1ccccc1N(C1=c2ccc3ccc(N(c4ccccc4-c4ccccc4)c4cccc5c4oc4ccccc45)c4c3c2C(C=C1)CC=4)c1cccc2c1oc1ccc#cc12. The van der Waals surface area contributed by atoms with Gasteiger partial charge in [0.2, 0.25) is 0 Å². The van der Waals surface area contributed by atoms with Crippen molar-refractivity contribution in [2.45, 2.75) is 25.2 Å². The number of rotatable bonds is 8. The van der Waals surface area contributed by atoms with Crippen LogP contribution in [0, 0.1) is 18.1 Å². The highest BCUT2D eigenvalue weighted by Crippen LogP contribution is 2.48. The zero-order chi connectivity index (χ0) is 45.6. The molecule has 3 unspecified atom stereocenters. The highest BCUT2D eigenvalue weighted by molar-refractivity contribution is 6.12. The van der Waals surface area contributed by atoms with Gasteiger partial charge in [-0.05, 0) is 100 Å². The van der Waals surface area contributed by atoms with Gasteiger partial charge in [-0.2, -0.15) is 0 Å². The fourth-order valence-corrected chi connectivity index (χ4v) is 11.6. The molecule has 326 valence electrons. The molecule has 14 rings (SSSR count). The zero-order valence-electron chi connectivity index (χ0n) is 37.9. The number of furan rings is 2. The van der Waals surface area contributed by atoms with Crippen LogP contribution in [0.4, 0.5) is 28.4 Å². The molecule has 2 heterocycles. The number of benzene rings is 8. The summed E-state index contributed by atoms with van der Waals surface area (Å²) in [5, 5.41) is 9.08. The molecule has 2 aromatic heterocycles. The summed E-state index contributed by atoms with van der Waals surface area (Å²) in [4.78, 5) is 4.92. The van der Waals surface area contributed by atoms with Crippen molar-refractivity contribution in [2.75, 3.05) is 9.80 Å². The van der Waals surface area contributed by atoms with Gasteiger partial charge in [-0.3, -0.25) is 0 Å². The van der Waals surface area contributed by atoms with Gasteiger partial charge in [-0.25, -0.2) is 0 Å². The largest absolute Gasteiger partial charge is 0.454 e. The van der Waals surface area contributed by atoms with Gasteiger partial charge < -0.3 is 18.6 Å². The van der Waals surface area contributed by atoms with Gasteiger partial charge in [-0.15, -0.1) is 0 Å². The average molecular weight is 885 g/mol. The van der Waals surface area contributed by atoms with E-state index in [1.54, 1.807) is 0 Å². The second kappa shape index (κ2) is 15.7. The molecule has 4 heteroatoms. The van der Waals surface area contributed by atoms with Gasteiger partial charge in [-0.1, -0.05) is 177 Å². The van der Waals surface area contributed by atoms with Crippen LogP contribution >= 0.6 is 0 Å². The Morgan fingerprint density at radius 2 is 1.26 bits per heavy atom. The Balaban J connectivity index is 1.06. The maximum atomic E-state index is 6.86. The van der Waals surface area contributed by atoms with Crippen molar-refractivity contribution in [1.29, 1.82) is 0 Å². The molecule has 11 aromatic rings. The maximum Gasteiger partial charge on any atom is 0.160 e. The quantitative estimate of drug-likeness (QED) is 0.152. The number of nitrogens with zero attached hydrogens (tertiary/aromatic N) is 2. The van der Waals surface area contributed by atoms with Gasteiger partial charge in [0.05, 0.1) is 39.5 Å². The predicted octanol–water partition coefficient (Wildman–Crippen LogP) is 16.0. The fourth-order valence-electron chi connectivity index (χ4n) is 11.6. The molecule has 0 saturated carbocycles. The molecule has 0 N–H and O–H groups in total. The Morgan fingerprint density at radius 3 is 2.16 bits per heavy atom. The highest BCUT2D eigenvalue weighted by atomic mass is 16.3. The van der Waals surface area contributed by atoms with E-state index >= 15 is 0 Å². The van der Waals surface area contributed by atoms with Crippen molar-refractivity contribution in [1.82, 2.24) is 0 Å². The molecule has 0 radical (unpaired) electrons. The number of hydrogen-bond donors (Lipinski definition) is 0. The van der Waals surface area contributed by atoms with E-state index in [0.29, 0.717) is 5.92 Å². The van der Waals surface area contributed by atoms with E-state index in [1.165, 1.54) is 32.3 Å². The summed E-state index contributed by atoms with van der Waals surface area (Å²) >= 11 is 0. The minimum Gasteiger partial charge on any atom is -0.454 e. The van der Waals surface area contributed by atoms with Gasteiger partial charge in [0.25, 0.3) is 0 Å². The van der Waals surface area contributed by atoms with Gasteiger partial charge in [0.1, 0.15) is 11.2 Å². The normalized spacial score (nSPS) is 16.9. The van der Waals surface area contributed by atoms with Crippen LogP contribution in [0.1, 0.15) is 36.3 Å². The van der Waals surface area contributed by atoms with Crippen molar-refractivity contribution >= 4 is 94.9 Å². The van der Waals surface area contributed by atoms with Crippen LogP contribution in [0.25, 0.3) is 77.5 Å².